The third-order valence-electron chi connectivity index (χ3n) is 5.14. The summed E-state index contributed by atoms with van der Waals surface area (Å²) in [6, 6.07) is 19.9. The van der Waals surface area contributed by atoms with Crippen molar-refractivity contribution in [3.05, 3.63) is 87.4 Å². The van der Waals surface area contributed by atoms with Crippen molar-refractivity contribution in [2.45, 2.75) is 6.17 Å². The van der Waals surface area contributed by atoms with Gasteiger partial charge in [-0.15, -0.1) is 0 Å². The van der Waals surface area contributed by atoms with Gasteiger partial charge in [-0.05, 0) is 60.2 Å². The normalized spacial score (nSPS) is 14.8. The van der Waals surface area contributed by atoms with Crippen LogP contribution in [0.1, 0.15) is 22.1 Å². The topological polar surface area (TPSA) is 73.9 Å². The lowest BCUT2D eigenvalue weighted by molar-refractivity contribution is -0.127. The van der Waals surface area contributed by atoms with Gasteiger partial charge in [-0.3, -0.25) is 15.0 Å². The molecule has 1 aliphatic rings. The van der Waals surface area contributed by atoms with Gasteiger partial charge in [-0.1, -0.05) is 39.7 Å². The van der Waals surface area contributed by atoms with Crippen LogP contribution in [0.2, 0.25) is 5.02 Å². The molecule has 33 heavy (non-hydrogen) atoms. The number of carbonyl (C=O) groups is 2. The lowest BCUT2D eigenvalue weighted by Gasteiger charge is -2.38. The largest absolute Gasteiger partial charge is 0.484 e. The number of benzene rings is 3. The van der Waals surface area contributed by atoms with E-state index in [0.29, 0.717) is 22.0 Å². The average molecular weight is 530 g/mol. The van der Waals surface area contributed by atoms with Crippen LogP contribution in [0, 0.1) is 0 Å². The molecule has 2 amide bonds. The first-order valence-electron chi connectivity index (χ1n) is 10.2. The van der Waals surface area contributed by atoms with Crippen LogP contribution in [0.25, 0.3) is 0 Å². The smallest absolute Gasteiger partial charge is 0.276 e. The third-order valence-corrected chi connectivity index (χ3v) is 5.88. The van der Waals surface area contributed by atoms with Gasteiger partial charge in [0, 0.05) is 35.0 Å². The van der Waals surface area contributed by atoms with Gasteiger partial charge in [0.1, 0.15) is 11.9 Å². The average Bonchev–Trinajstić information content (AvgIpc) is 2.81. The van der Waals surface area contributed by atoms with Crippen molar-refractivity contribution in [2.75, 3.05) is 30.9 Å². The first kappa shape index (κ1) is 22.9. The number of ether oxygens (including phenoxy) is 1. The number of fused-ring (bicyclic) bond motifs is 1. The van der Waals surface area contributed by atoms with E-state index in [9.17, 15) is 9.59 Å². The van der Waals surface area contributed by atoms with Gasteiger partial charge in [0.15, 0.2) is 6.61 Å². The highest BCUT2D eigenvalue weighted by Gasteiger charge is 2.34. The second-order valence-electron chi connectivity index (χ2n) is 7.68. The van der Waals surface area contributed by atoms with Gasteiger partial charge in [0.25, 0.3) is 11.8 Å². The zero-order valence-corrected chi connectivity index (χ0v) is 20.4. The van der Waals surface area contributed by atoms with Gasteiger partial charge in [-0.25, -0.2) is 5.01 Å². The summed E-state index contributed by atoms with van der Waals surface area (Å²) in [5.74, 6) is -0.289. The van der Waals surface area contributed by atoms with Crippen molar-refractivity contribution in [1.29, 1.82) is 0 Å². The van der Waals surface area contributed by atoms with Crippen LogP contribution in [0.5, 0.6) is 5.75 Å². The number of rotatable bonds is 6. The predicted octanol–water partition coefficient (Wildman–Crippen LogP) is 4.85. The summed E-state index contributed by atoms with van der Waals surface area (Å²) in [7, 11) is 3.91. The molecule has 3 aromatic rings. The van der Waals surface area contributed by atoms with Crippen LogP contribution in [0.15, 0.2) is 71.2 Å². The molecule has 0 aromatic heterocycles. The minimum Gasteiger partial charge on any atom is -0.484 e. The summed E-state index contributed by atoms with van der Waals surface area (Å²) in [5, 5.41) is 5.23. The number of amides is 2. The first-order valence-corrected chi connectivity index (χ1v) is 11.3. The van der Waals surface area contributed by atoms with Crippen molar-refractivity contribution in [3.63, 3.8) is 0 Å². The number of anilines is 2. The summed E-state index contributed by atoms with van der Waals surface area (Å²) >= 11 is 9.29. The highest BCUT2D eigenvalue weighted by atomic mass is 79.9. The fourth-order valence-corrected chi connectivity index (χ4v) is 3.91. The van der Waals surface area contributed by atoms with E-state index in [-0.39, 0.29) is 12.5 Å². The van der Waals surface area contributed by atoms with Crippen molar-refractivity contribution >= 4 is 50.7 Å². The quantitative estimate of drug-likeness (QED) is 0.478. The van der Waals surface area contributed by atoms with Crippen LogP contribution in [-0.2, 0) is 4.79 Å². The number of halogens is 2. The monoisotopic (exact) mass is 528 g/mol. The molecular weight excluding hydrogens is 508 g/mol. The number of nitrogens with one attached hydrogen (secondary N) is 2. The molecule has 0 fully saturated rings. The van der Waals surface area contributed by atoms with Gasteiger partial charge in [0.05, 0.1) is 5.56 Å². The van der Waals surface area contributed by atoms with Gasteiger partial charge < -0.3 is 15.0 Å². The highest BCUT2D eigenvalue weighted by molar-refractivity contribution is 9.10. The van der Waals surface area contributed by atoms with Gasteiger partial charge in [-0.2, -0.15) is 0 Å². The molecule has 0 spiro atoms. The third kappa shape index (κ3) is 5.23. The van der Waals surface area contributed by atoms with Crippen molar-refractivity contribution in [2.24, 2.45) is 0 Å². The molecule has 2 N–H and O–H groups in total. The molecule has 0 radical (unpaired) electrons. The maximum Gasteiger partial charge on any atom is 0.276 e. The maximum absolute atomic E-state index is 13.4. The standard InChI is InChI=1S/C24H22BrClN4O3/c1-29(2)18-8-3-15(4-9-18)23-27-21-12-5-16(25)13-20(21)24(32)30(23)28-22(31)14-33-19-10-6-17(26)7-11-19/h3-13,23,27H,14H2,1-2H3,(H,28,31). The second-order valence-corrected chi connectivity index (χ2v) is 9.03. The molecule has 7 nitrogen and oxygen atoms in total. The Morgan fingerprint density at radius 1 is 1.12 bits per heavy atom. The zero-order valence-electron chi connectivity index (χ0n) is 18.0. The maximum atomic E-state index is 13.4. The Bertz CT molecular complexity index is 1170. The first-order chi connectivity index (χ1) is 15.8. The molecule has 0 bridgehead atoms. The second kappa shape index (κ2) is 9.72. The Kier molecular flexibility index (Phi) is 6.76. The summed E-state index contributed by atoms with van der Waals surface area (Å²) in [4.78, 5) is 28.0. The minimum absolute atomic E-state index is 0.261. The molecule has 0 aliphatic carbocycles. The fourth-order valence-electron chi connectivity index (χ4n) is 3.43. The number of hydrazine groups is 1. The molecule has 1 atom stereocenters. The number of hydrogen-bond donors (Lipinski definition) is 2. The van der Waals surface area contributed by atoms with Crippen molar-refractivity contribution in [1.82, 2.24) is 10.4 Å². The Balaban J connectivity index is 1.57. The van der Waals surface area contributed by atoms with E-state index in [2.05, 4.69) is 26.7 Å². The molecular formula is C24H22BrClN4O3. The Morgan fingerprint density at radius 3 is 2.48 bits per heavy atom. The summed E-state index contributed by atoms with van der Waals surface area (Å²) in [6.45, 7) is -0.261. The van der Waals surface area contributed by atoms with Crippen LogP contribution in [-0.4, -0.2) is 37.5 Å². The molecule has 0 saturated carbocycles. The number of nitrogens with zero attached hydrogens (tertiary/aromatic N) is 2. The van der Waals surface area contributed by atoms with E-state index >= 15 is 0 Å². The summed E-state index contributed by atoms with van der Waals surface area (Å²) in [6.07, 6.45) is -0.595. The summed E-state index contributed by atoms with van der Waals surface area (Å²) < 4.78 is 6.30. The van der Waals surface area contributed by atoms with Crippen molar-refractivity contribution in [3.8, 4) is 5.75 Å². The van der Waals surface area contributed by atoms with E-state index < -0.39 is 12.1 Å². The molecule has 0 saturated heterocycles. The van der Waals surface area contributed by atoms with Crippen LogP contribution >= 0.6 is 27.5 Å². The van der Waals surface area contributed by atoms with E-state index in [1.54, 1.807) is 30.3 Å². The molecule has 1 heterocycles. The highest BCUT2D eigenvalue weighted by Crippen LogP contribution is 2.34. The van der Waals surface area contributed by atoms with Crippen LogP contribution < -0.4 is 20.4 Å². The molecule has 4 rings (SSSR count). The number of carbonyl (C=O) groups excluding carboxylic acids is 2. The van der Waals surface area contributed by atoms with Gasteiger partial charge in [0.2, 0.25) is 0 Å². The van der Waals surface area contributed by atoms with E-state index in [1.807, 2.05) is 55.4 Å². The van der Waals surface area contributed by atoms with E-state index in [4.69, 9.17) is 16.3 Å². The SMILES string of the molecule is CN(C)c1ccc(C2Nc3ccc(Br)cc3C(=O)N2NC(=O)COc2ccc(Cl)cc2)cc1. The predicted molar refractivity (Wildman–Crippen MR) is 133 cm³/mol. The zero-order chi connectivity index (χ0) is 23.5. The van der Waals surface area contributed by atoms with Crippen LogP contribution in [0.3, 0.4) is 0 Å². The molecule has 3 aromatic carbocycles. The number of hydrogen-bond acceptors (Lipinski definition) is 5. The Hall–Kier alpha value is -3.23. The Morgan fingerprint density at radius 2 is 1.82 bits per heavy atom. The molecule has 9 heteroatoms. The lowest BCUT2D eigenvalue weighted by atomic mass is 10.0. The summed E-state index contributed by atoms with van der Waals surface area (Å²) in [5.41, 5.74) is 5.68. The minimum atomic E-state index is -0.595. The van der Waals surface area contributed by atoms with E-state index in [0.717, 1.165) is 15.7 Å². The molecule has 170 valence electrons. The van der Waals surface area contributed by atoms with Gasteiger partial charge >= 0.3 is 0 Å². The lowest BCUT2D eigenvalue weighted by Crippen LogP contribution is -2.53. The van der Waals surface area contributed by atoms with Crippen LogP contribution in [0.4, 0.5) is 11.4 Å². The molecule has 1 unspecified atom stereocenters. The molecule has 1 aliphatic heterocycles. The fraction of sp³-hybridized carbons (Fsp3) is 0.167. The van der Waals surface area contributed by atoms with Crippen molar-refractivity contribution < 1.29 is 14.3 Å². The Labute approximate surface area is 205 Å². The van der Waals surface area contributed by atoms with E-state index in [1.165, 1.54) is 5.01 Å².